The highest BCUT2D eigenvalue weighted by atomic mass is 16.1. The fourth-order valence-electron chi connectivity index (χ4n) is 0.653. The Morgan fingerprint density at radius 1 is 1.56 bits per heavy atom. The van der Waals surface area contributed by atoms with Crippen molar-refractivity contribution in [1.29, 1.82) is 0 Å². The summed E-state index contributed by atoms with van der Waals surface area (Å²) >= 11 is 0. The van der Waals surface area contributed by atoms with Gasteiger partial charge in [0, 0.05) is 12.3 Å². The smallest absolute Gasteiger partial charge is 0.250 e. The molecule has 1 radical (unpaired) electrons. The predicted molar refractivity (Wildman–Crippen MR) is 36.1 cm³/mol. The van der Waals surface area contributed by atoms with Crippen LogP contribution in [0.1, 0.15) is 6.92 Å². The van der Waals surface area contributed by atoms with E-state index in [0.29, 0.717) is 0 Å². The number of nitrogens with zero attached hydrogens (tertiary/aromatic N) is 1. The van der Waals surface area contributed by atoms with Crippen molar-refractivity contribution in [2.75, 3.05) is 0 Å². The van der Waals surface area contributed by atoms with Gasteiger partial charge in [-0.15, -0.1) is 0 Å². The maximum atomic E-state index is 10.8. The van der Waals surface area contributed by atoms with Crippen molar-refractivity contribution < 1.29 is 0 Å². The van der Waals surface area contributed by atoms with Gasteiger partial charge in [-0.05, 0) is 13.0 Å². The van der Waals surface area contributed by atoms with Gasteiger partial charge in [0.25, 0.3) is 5.56 Å². The molecule has 0 aliphatic rings. The molecule has 0 unspecified atom stereocenters. The highest BCUT2D eigenvalue weighted by Crippen LogP contribution is 1.80. The van der Waals surface area contributed by atoms with Crippen LogP contribution in [0.3, 0.4) is 0 Å². The molecule has 0 N–H and O–H groups in total. The number of hydrogen-bond acceptors (Lipinski definition) is 1. The van der Waals surface area contributed by atoms with Gasteiger partial charge in [0.1, 0.15) is 0 Å². The number of aromatic nitrogens is 1. The third-order valence-corrected chi connectivity index (χ3v) is 1.13. The van der Waals surface area contributed by atoms with Crippen molar-refractivity contribution >= 4 is 0 Å². The van der Waals surface area contributed by atoms with Crippen molar-refractivity contribution in [2.45, 2.75) is 6.92 Å². The molecule has 1 rings (SSSR count). The molecule has 0 spiro atoms. The van der Waals surface area contributed by atoms with Crippen LogP contribution in [0.4, 0.5) is 0 Å². The van der Waals surface area contributed by atoms with Gasteiger partial charge in [-0.25, -0.2) is 0 Å². The summed E-state index contributed by atoms with van der Waals surface area (Å²) in [5.74, 6) is 0. The van der Waals surface area contributed by atoms with Crippen molar-refractivity contribution in [3.63, 3.8) is 0 Å². The van der Waals surface area contributed by atoms with E-state index in [1.165, 1.54) is 10.6 Å². The summed E-state index contributed by atoms with van der Waals surface area (Å²) in [6.45, 7) is 3.55. The predicted octanol–water partition coefficient (Wildman–Crippen LogP) is 0.878. The van der Waals surface area contributed by atoms with Crippen LogP contribution in [0.5, 0.6) is 0 Å². The van der Waals surface area contributed by atoms with E-state index in [-0.39, 0.29) is 5.56 Å². The van der Waals surface area contributed by atoms with Crippen LogP contribution in [-0.2, 0) is 0 Å². The van der Waals surface area contributed by atoms with E-state index in [1.807, 2.05) is 13.0 Å². The first-order valence-electron chi connectivity index (χ1n) is 2.81. The summed E-state index contributed by atoms with van der Waals surface area (Å²) in [5.41, 5.74) is 0.0139. The zero-order valence-corrected chi connectivity index (χ0v) is 5.24. The first-order chi connectivity index (χ1) is 4.34. The van der Waals surface area contributed by atoms with Gasteiger partial charge in [-0.2, -0.15) is 0 Å². The molecule has 0 bridgehead atoms. The molecule has 0 fully saturated rings. The van der Waals surface area contributed by atoms with E-state index in [0.717, 1.165) is 0 Å². The van der Waals surface area contributed by atoms with E-state index in [2.05, 4.69) is 0 Å². The Kier molecular flexibility index (Phi) is 1.68. The van der Waals surface area contributed by atoms with Crippen LogP contribution in [0, 0.1) is 6.54 Å². The standard InChI is InChI=1S/C7H8NO/c1-2-8-6-4-3-5-7(8)9/h2-6H,1H3. The van der Waals surface area contributed by atoms with Crippen LogP contribution in [0.2, 0.25) is 0 Å². The Bertz CT molecular complexity index is 239. The molecule has 0 saturated carbocycles. The van der Waals surface area contributed by atoms with Crippen LogP contribution in [0.15, 0.2) is 29.2 Å². The topological polar surface area (TPSA) is 22.0 Å². The third kappa shape index (κ3) is 1.19. The minimum absolute atomic E-state index is 0.0139. The second-order valence-corrected chi connectivity index (χ2v) is 1.70. The van der Waals surface area contributed by atoms with Gasteiger partial charge >= 0.3 is 0 Å². The minimum atomic E-state index is 0.0139. The highest BCUT2D eigenvalue weighted by molar-refractivity contribution is 4.95. The second-order valence-electron chi connectivity index (χ2n) is 1.70. The lowest BCUT2D eigenvalue weighted by Crippen LogP contribution is -2.14. The average Bonchev–Trinajstić information content (AvgIpc) is 1.89. The van der Waals surface area contributed by atoms with Crippen molar-refractivity contribution in [2.24, 2.45) is 0 Å². The summed E-state index contributed by atoms with van der Waals surface area (Å²) in [4.78, 5) is 10.8. The molecule has 0 aromatic carbocycles. The van der Waals surface area contributed by atoms with Crippen molar-refractivity contribution in [1.82, 2.24) is 4.57 Å². The van der Waals surface area contributed by atoms with Gasteiger partial charge in [0.05, 0.1) is 6.54 Å². The Morgan fingerprint density at radius 2 is 2.33 bits per heavy atom. The number of pyridine rings is 1. The Balaban J connectivity index is 3.16. The van der Waals surface area contributed by atoms with Crippen molar-refractivity contribution in [3.05, 3.63) is 41.3 Å². The van der Waals surface area contributed by atoms with Crippen molar-refractivity contribution in [3.8, 4) is 0 Å². The summed E-state index contributed by atoms with van der Waals surface area (Å²) in [7, 11) is 0. The zero-order chi connectivity index (χ0) is 6.69. The van der Waals surface area contributed by atoms with Gasteiger partial charge in [-0.3, -0.25) is 4.79 Å². The molecule has 0 saturated heterocycles. The maximum Gasteiger partial charge on any atom is 0.250 e. The Morgan fingerprint density at radius 3 is 2.78 bits per heavy atom. The third-order valence-electron chi connectivity index (χ3n) is 1.13. The lowest BCUT2D eigenvalue weighted by molar-refractivity contribution is 0.902. The lowest BCUT2D eigenvalue weighted by Gasteiger charge is -1.95. The largest absolute Gasteiger partial charge is 0.311 e. The molecule has 0 aliphatic heterocycles. The molecule has 1 aromatic heterocycles. The van der Waals surface area contributed by atoms with Gasteiger partial charge < -0.3 is 4.57 Å². The molecule has 2 heteroatoms. The van der Waals surface area contributed by atoms with Gasteiger partial charge in [0.2, 0.25) is 0 Å². The first-order valence-corrected chi connectivity index (χ1v) is 2.81. The van der Waals surface area contributed by atoms with Gasteiger partial charge in [-0.1, -0.05) is 6.07 Å². The molecule has 2 nitrogen and oxygen atoms in total. The summed E-state index contributed by atoms with van der Waals surface area (Å²) in [5, 5.41) is 0. The maximum absolute atomic E-state index is 10.8. The van der Waals surface area contributed by atoms with Crippen LogP contribution in [-0.4, -0.2) is 4.57 Å². The molecule has 0 amide bonds. The molecule has 0 atom stereocenters. The second kappa shape index (κ2) is 2.49. The summed E-state index contributed by atoms with van der Waals surface area (Å²) in [6.07, 6.45) is 1.72. The SMILES string of the molecule is C[CH]n1ccccc1=O. The highest BCUT2D eigenvalue weighted by Gasteiger charge is 1.85. The van der Waals surface area contributed by atoms with Gasteiger partial charge in [0.15, 0.2) is 0 Å². The molecule has 9 heavy (non-hydrogen) atoms. The monoisotopic (exact) mass is 122 g/mol. The summed E-state index contributed by atoms with van der Waals surface area (Å²) in [6, 6.07) is 5.07. The van der Waals surface area contributed by atoms with E-state index in [9.17, 15) is 4.79 Å². The van der Waals surface area contributed by atoms with E-state index >= 15 is 0 Å². The fraction of sp³-hybridized carbons (Fsp3) is 0.143. The van der Waals surface area contributed by atoms with Crippen LogP contribution < -0.4 is 5.56 Å². The normalized spacial score (nSPS) is 9.44. The fourth-order valence-corrected chi connectivity index (χ4v) is 0.653. The molecule has 1 aromatic rings. The van der Waals surface area contributed by atoms with Crippen LogP contribution in [0.25, 0.3) is 0 Å². The van der Waals surface area contributed by atoms with E-state index in [1.54, 1.807) is 18.8 Å². The molecule has 0 aliphatic carbocycles. The number of rotatable bonds is 1. The quantitative estimate of drug-likeness (QED) is 0.542. The number of hydrogen-bond donors (Lipinski definition) is 0. The van der Waals surface area contributed by atoms with E-state index < -0.39 is 0 Å². The Labute approximate surface area is 53.8 Å². The Hall–Kier alpha value is -1.05. The molecule has 47 valence electrons. The summed E-state index contributed by atoms with van der Waals surface area (Å²) < 4.78 is 1.53. The average molecular weight is 122 g/mol. The zero-order valence-electron chi connectivity index (χ0n) is 5.24. The lowest BCUT2D eigenvalue weighted by atomic mass is 10.5. The minimum Gasteiger partial charge on any atom is -0.311 e. The van der Waals surface area contributed by atoms with E-state index in [4.69, 9.17) is 0 Å². The first kappa shape index (κ1) is 6.08. The van der Waals surface area contributed by atoms with Crippen LogP contribution >= 0.6 is 0 Å². The molecule has 1 heterocycles. The molecular weight excluding hydrogens is 114 g/mol. The molecular formula is C7H8NO.